The van der Waals surface area contributed by atoms with Gasteiger partial charge in [0, 0.05) is 6.21 Å². The average Bonchev–Trinajstić information content (AvgIpc) is 3.21. The van der Waals surface area contributed by atoms with Crippen molar-refractivity contribution >= 4 is 34.9 Å². The van der Waals surface area contributed by atoms with Crippen molar-refractivity contribution in [3.63, 3.8) is 0 Å². The topological polar surface area (TPSA) is 69.6 Å². The van der Waals surface area contributed by atoms with Gasteiger partial charge < -0.3 is 4.55 Å². The quantitative estimate of drug-likeness (QED) is 0.130. The molecule has 0 saturated carbocycles. The van der Waals surface area contributed by atoms with Gasteiger partial charge in [-0.3, -0.25) is 4.99 Å². The van der Waals surface area contributed by atoms with Crippen molar-refractivity contribution < 1.29 is 46.6 Å². The summed E-state index contributed by atoms with van der Waals surface area (Å²) in [4.78, 5) is 4.79. The minimum absolute atomic E-state index is 0. The molecule has 2 aromatic carbocycles. The molecule has 3 rings (SSSR count). The second-order valence-corrected chi connectivity index (χ2v) is 12.1. The summed E-state index contributed by atoms with van der Waals surface area (Å²) in [7, 11) is -6.54. The molecule has 1 aliphatic carbocycles. The van der Waals surface area contributed by atoms with E-state index < -0.39 is 23.5 Å². The van der Waals surface area contributed by atoms with Crippen LogP contribution in [0.15, 0.2) is 76.5 Å². The first kappa shape index (κ1) is 34.6. The Bertz CT molecular complexity index is 1030. The van der Waals surface area contributed by atoms with E-state index in [9.17, 15) is 13.2 Å². The van der Waals surface area contributed by atoms with Gasteiger partial charge in [-0.25, -0.2) is 8.42 Å². The summed E-state index contributed by atoms with van der Waals surface area (Å²) in [6.45, 7) is 13.0. The van der Waals surface area contributed by atoms with Gasteiger partial charge in [-0.05, 0) is 89.7 Å². The number of alkyl halides is 3. The van der Waals surface area contributed by atoms with E-state index in [1.54, 1.807) is 5.31 Å². The zero-order valence-electron chi connectivity index (χ0n) is 20.4. The Morgan fingerprint density at radius 2 is 1.31 bits per heavy atom. The van der Waals surface area contributed by atoms with Gasteiger partial charge >= 0.3 is 25.9 Å². The van der Waals surface area contributed by atoms with E-state index in [1.807, 2.05) is 0 Å². The number of rotatable bonds is 4. The fourth-order valence-corrected chi connectivity index (χ4v) is 5.73. The molecule has 0 spiro atoms. The fraction of sp³-hybridized carbons (Fsp3) is 0.308. The van der Waals surface area contributed by atoms with E-state index in [1.165, 1.54) is 35.4 Å². The maximum atomic E-state index is 10.7. The first-order valence-electron chi connectivity index (χ1n) is 10.8. The summed E-state index contributed by atoms with van der Waals surface area (Å²) >= 11 is 0. The molecule has 0 fully saturated rings. The molecule has 0 aromatic heterocycles. The van der Waals surface area contributed by atoms with E-state index in [4.69, 9.17) is 18.0 Å². The van der Waals surface area contributed by atoms with Crippen molar-refractivity contribution in [1.29, 1.82) is 0 Å². The second kappa shape index (κ2) is 15.8. The molecule has 0 saturated heterocycles. The fourth-order valence-electron chi connectivity index (χ4n) is 3.03. The Kier molecular flexibility index (Phi) is 15.2. The Labute approximate surface area is 228 Å². The van der Waals surface area contributed by atoms with Crippen LogP contribution in [0.1, 0.15) is 40.0 Å². The Balaban J connectivity index is 0.000000867. The normalized spacial score (nSPS) is 14.1. The van der Waals surface area contributed by atoms with Gasteiger partial charge in [-0.2, -0.15) is 13.2 Å². The van der Waals surface area contributed by atoms with Crippen LogP contribution in [-0.4, -0.2) is 30.2 Å². The molecule has 1 aliphatic rings. The zero-order chi connectivity index (χ0) is 26.7. The standard InChI is InChI=1S/C22H26NP.C3H5.CHF3O3S.Pd/c1-22(2,3)23-17-18-11-10-16-21(18)24(19-12-6-4-7-13-19)20-14-8-5-9-15-20;1-3-2;2-1(3,4)8(5,6)7;/h4-9,12-15,17H,10-11,16H2,1-3H3;3H,1-2H2;(H,5,6,7);/q;;;+2/p-1. The maximum absolute atomic E-state index is 10.7. The van der Waals surface area contributed by atoms with E-state index >= 15 is 0 Å². The van der Waals surface area contributed by atoms with Crippen LogP contribution in [0.5, 0.6) is 0 Å². The van der Waals surface area contributed by atoms with Crippen LogP contribution in [0.4, 0.5) is 13.2 Å². The van der Waals surface area contributed by atoms with E-state index in [0.29, 0.717) is 0 Å². The molecule has 2 aromatic rings. The Morgan fingerprint density at radius 3 is 1.64 bits per heavy atom. The van der Waals surface area contributed by atoms with Crippen LogP contribution in [0, 0.1) is 20.3 Å². The van der Waals surface area contributed by atoms with Crippen LogP contribution >= 0.6 is 7.92 Å². The SMILES string of the molecule is CC(C)(C)N=CC1=C(P(c2ccccc2)c2ccccc2)CCC1.O=S(=O)([O-])C(F)(F)F.[CH2][CH][CH2].[Pd+2]. The van der Waals surface area contributed by atoms with Crippen molar-refractivity contribution in [3.05, 3.63) is 91.8 Å². The van der Waals surface area contributed by atoms with Gasteiger partial charge in [0.1, 0.15) is 0 Å². The molecule has 0 bridgehead atoms. The predicted molar refractivity (Wildman–Crippen MR) is 139 cm³/mol. The molecule has 0 atom stereocenters. The molecule has 199 valence electrons. The van der Waals surface area contributed by atoms with Crippen LogP contribution in [0.3, 0.4) is 0 Å². The summed E-state index contributed by atoms with van der Waals surface area (Å²) in [6, 6.07) is 22.0. The van der Waals surface area contributed by atoms with Gasteiger partial charge in [0.2, 0.25) is 0 Å². The Morgan fingerprint density at radius 1 is 0.917 bits per heavy atom. The minimum atomic E-state index is -6.09. The van der Waals surface area contributed by atoms with Crippen LogP contribution in [0.25, 0.3) is 0 Å². The number of nitrogens with zero attached hydrogens (tertiary/aromatic N) is 1. The van der Waals surface area contributed by atoms with Gasteiger partial charge in [0.15, 0.2) is 10.1 Å². The number of benzene rings is 2. The molecule has 4 nitrogen and oxygen atoms in total. The summed E-state index contributed by atoms with van der Waals surface area (Å²) in [6.07, 6.45) is 7.26. The third-order valence-corrected chi connectivity index (χ3v) is 7.67. The van der Waals surface area contributed by atoms with Gasteiger partial charge in [-0.1, -0.05) is 60.7 Å². The van der Waals surface area contributed by atoms with E-state index in [-0.39, 0.29) is 26.0 Å². The summed E-state index contributed by atoms with van der Waals surface area (Å²) in [5.74, 6) is 0. The number of allylic oxidation sites excluding steroid dienone is 2. The third kappa shape index (κ3) is 12.3. The second-order valence-electron chi connectivity index (χ2n) is 8.45. The van der Waals surface area contributed by atoms with Crippen molar-refractivity contribution in [2.24, 2.45) is 4.99 Å². The number of hydrogen-bond acceptors (Lipinski definition) is 4. The van der Waals surface area contributed by atoms with Crippen LogP contribution < -0.4 is 10.6 Å². The smallest absolute Gasteiger partial charge is 0.741 e. The molecule has 0 unspecified atom stereocenters. The molecular weight excluding hydrogens is 601 g/mol. The number of halogens is 3. The molecule has 0 aliphatic heterocycles. The van der Waals surface area contributed by atoms with E-state index in [0.717, 1.165) is 6.42 Å². The third-order valence-electron chi connectivity index (χ3n) is 4.42. The first-order valence-corrected chi connectivity index (χ1v) is 13.6. The predicted octanol–water partition coefficient (Wildman–Crippen LogP) is 6.33. The summed E-state index contributed by atoms with van der Waals surface area (Å²) in [5, 5.41) is 4.49. The number of hydrogen-bond donors (Lipinski definition) is 0. The number of aliphatic imine (C=N–C) groups is 1. The molecule has 3 radical (unpaired) electrons. The van der Waals surface area contributed by atoms with Gasteiger partial charge in [0.25, 0.3) is 0 Å². The molecule has 0 amide bonds. The van der Waals surface area contributed by atoms with Crippen LogP contribution in [-0.2, 0) is 30.5 Å². The van der Waals surface area contributed by atoms with E-state index in [2.05, 4.69) is 101 Å². The Hall–Kier alpha value is -1.36. The van der Waals surface area contributed by atoms with Crippen molar-refractivity contribution in [2.75, 3.05) is 0 Å². The van der Waals surface area contributed by atoms with Crippen molar-refractivity contribution in [1.82, 2.24) is 0 Å². The first-order chi connectivity index (χ1) is 16.2. The summed E-state index contributed by atoms with van der Waals surface area (Å²) < 4.78 is 58.9. The molecule has 10 heteroatoms. The zero-order valence-corrected chi connectivity index (χ0v) is 23.7. The average molecular weight is 632 g/mol. The van der Waals surface area contributed by atoms with Crippen molar-refractivity contribution in [2.45, 2.75) is 51.1 Å². The molecule has 0 heterocycles. The largest absolute Gasteiger partial charge is 2.00 e. The summed E-state index contributed by atoms with van der Waals surface area (Å²) in [5.41, 5.74) is -4.19. The van der Waals surface area contributed by atoms with Gasteiger partial charge in [0.05, 0.1) is 5.54 Å². The van der Waals surface area contributed by atoms with Crippen molar-refractivity contribution in [3.8, 4) is 0 Å². The molecular formula is C26H31F3NO3PPdS+. The molecule has 36 heavy (non-hydrogen) atoms. The van der Waals surface area contributed by atoms with Crippen LogP contribution in [0.2, 0.25) is 0 Å². The van der Waals surface area contributed by atoms with Gasteiger partial charge in [-0.15, -0.1) is 0 Å². The maximum Gasteiger partial charge on any atom is 2.00 e. The monoisotopic (exact) mass is 631 g/mol. The molecule has 0 N–H and O–H groups in total. The minimum Gasteiger partial charge on any atom is -0.741 e.